The normalized spacial score (nSPS) is 27.3. The Balaban J connectivity index is 1.80. The van der Waals surface area contributed by atoms with E-state index in [1.807, 2.05) is 7.05 Å². The molecule has 2 saturated heterocycles. The molecule has 2 heterocycles. The number of ether oxygens (including phenoxy) is 1. The summed E-state index contributed by atoms with van der Waals surface area (Å²) in [7, 11) is 3.27. The molecule has 6 nitrogen and oxygen atoms in total. The monoisotopic (exact) mass is 324 g/mol. The van der Waals surface area contributed by atoms with E-state index >= 15 is 0 Å². The molecule has 2 aliphatic rings. The predicted octanol–water partition coefficient (Wildman–Crippen LogP) is 1.03. The number of rotatable bonds is 5. The molecule has 1 N–H and O–H groups in total. The highest BCUT2D eigenvalue weighted by Gasteiger charge is 2.36. The Morgan fingerprint density at radius 1 is 1.35 bits per heavy atom. The van der Waals surface area contributed by atoms with Gasteiger partial charge in [-0.1, -0.05) is 13.8 Å². The van der Waals surface area contributed by atoms with Crippen molar-refractivity contribution in [1.82, 2.24) is 15.1 Å². The number of carbonyl (C=O) groups excluding carboxylic acids is 1. The molecule has 0 radical (unpaired) electrons. The van der Waals surface area contributed by atoms with Crippen LogP contribution in [0.5, 0.6) is 0 Å². The third-order valence-electron chi connectivity index (χ3n) is 5.00. The second-order valence-corrected chi connectivity index (χ2v) is 7.05. The summed E-state index contributed by atoms with van der Waals surface area (Å²) in [6, 6.07) is 0. The summed E-state index contributed by atoms with van der Waals surface area (Å²) < 4.78 is 4.91. The topological polar surface area (TPSA) is 57.2 Å². The molecule has 0 saturated carbocycles. The minimum Gasteiger partial charge on any atom is -0.469 e. The maximum Gasteiger partial charge on any atom is 0.310 e. The van der Waals surface area contributed by atoms with Crippen LogP contribution in [0.25, 0.3) is 0 Å². The molecule has 0 amide bonds. The van der Waals surface area contributed by atoms with Crippen LogP contribution in [0.15, 0.2) is 4.99 Å². The number of hydrogen-bond donors (Lipinski definition) is 1. The van der Waals surface area contributed by atoms with Crippen molar-refractivity contribution in [3.63, 3.8) is 0 Å². The zero-order valence-electron chi connectivity index (χ0n) is 15.0. The molecule has 0 aromatic rings. The van der Waals surface area contributed by atoms with Crippen LogP contribution >= 0.6 is 0 Å². The fourth-order valence-corrected chi connectivity index (χ4v) is 3.67. The Kier molecular flexibility index (Phi) is 6.69. The van der Waals surface area contributed by atoms with Crippen molar-refractivity contribution >= 4 is 11.9 Å². The largest absolute Gasteiger partial charge is 0.469 e. The Morgan fingerprint density at radius 2 is 2.04 bits per heavy atom. The van der Waals surface area contributed by atoms with E-state index in [9.17, 15) is 4.79 Å². The number of likely N-dealkylation sites (tertiary alicyclic amines) is 2. The van der Waals surface area contributed by atoms with Gasteiger partial charge in [-0.3, -0.25) is 9.79 Å². The number of esters is 1. The van der Waals surface area contributed by atoms with E-state index in [0.717, 1.165) is 25.6 Å². The first-order valence-corrected chi connectivity index (χ1v) is 8.81. The van der Waals surface area contributed by atoms with E-state index in [0.29, 0.717) is 18.4 Å². The van der Waals surface area contributed by atoms with Crippen LogP contribution in [0, 0.1) is 17.8 Å². The number of nitrogens with one attached hydrogen (secondary N) is 1. The quantitative estimate of drug-likeness (QED) is 0.465. The van der Waals surface area contributed by atoms with Crippen LogP contribution in [0.3, 0.4) is 0 Å². The predicted molar refractivity (Wildman–Crippen MR) is 92.4 cm³/mol. The Hall–Kier alpha value is -1.30. The lowest BCUT2D eigenvalue weighted by atomic mass is 9.99. The van der Waals surface area contributed by atoms with Gasteiger partial charge in [0.05, 0.1) is 13.0 Å². The summed E-state index contributed by atoms with van der Waals surface area (Å²) in [5.41, 5.74) is 0. The van der Waals surface area contributed by atoms with Gasteiger partial charge in [-0.2, -0.15) is 0 Å². The molecular formula is C17H32N4O2. The van der Waals surface area contributed by atoms with Gasteiger partial charge in [-0.15, -0.1) is 0 Å². The van der Waals surface area contributed by atoms with Crippen LogP contribution in [0.2, 0.25) is 0 Å². The molecule has 0 bridgehead atoms. The van der Waals surface area contributed by atoms with Gasteiger partial charge in [0, 0.05) is 33.2 Å². The summed E-state index contributed by atoms with van der Waals surface area (Å²) in [5.74, 6) is 1.61. The number of aliphatic imine (C=N–C) groups is 1. The zero-order valence-corrected chi connectivity index (χ0v) is 15.0. The van der Waals surface area contributed by atoms with Crippen molar-refractivity contribution in [3.05, 3.63) is 0 Å². The van der Waals surface area contributed by atoms with Crippen molar-refractivity contribution in [2.24, 2.45) is 22.7 Å². The first-order chi connectivity index (χ1) is 11.0. The number of carbonyl (C=O) groups is 1. The first-order valence-electron chi connectivity index (χ1n) is 8.81. The molecule has 6 heteroatoms. The van der Waals surface area contributed by atoms with Gasteiger partial charge in [0.15, 0.2) is 5.96 Å². The van der Waals surface area contributed by atoms with Crippen LogP contribution in [-0.2, 0) is 9.53 Å². The maximum atomic E-state index is 11.8. The summed E-state index contributed by atoms with van der Waals surface area (Å²) in [6.45, 7) is 10.5. The van der Waals surface area contributed by atoms with Crippen LogP contribution in [0.4, 0.5) is 0 Å². The molecule has 2 aliphatic heterocycles. The van der Waals surface area contributed by atoms with Crippen LogP contribution in [-0.4, -0.2) is 75.2 Å². The lowest BCUT2D eigenvalue weighted by Crippen LogP contribution is -2.43. The lowest BCUT2D eigenvalue weighted by molar-refractivity contribution is -0.145. The molecule has 0 aliphatic carbocycles. The molecule has 23 heavy (non-hydrogen) atoms. The van der Waals surface area contributed by atoms with E-state index < -0.39 is 0 Å². The van der Waals surface area contributed by atoms with Gasteiger partial charge in [-0.25, -0.2) is 0 Å². The summed E-state index contributed by atoms with van der Waals surface area (Å²) in [5, 5.41) is 3.48. The third-order valence-corrected chi connectivity index (χ3v) is 5.00. The molecule has 0 aromatic carbocycles. The zero-order chi connectivity index (χ0) is 16.8. The van der Waals surface area contributed by atoms with Crippen molar-refractivity contribution in [3.8, 4) is 0 Å². The molecule has 132 valence electrons. The SMILES string of the molecule is CN=C(NCC(C)CN1CCCC1)N1CC(C)C(C(=O)OC)C1. The maximum absolute atomic E-state index is 11.8. The average Bonchev–Trinajstić information content (AvgIpc) is 3.17. The van der Waals surface area contributed by atoms with E-state index in [2.05, 4.69) is 34.0 Å². The minimum atomic E-state index is -0.113. The lowest BCUT2D eigenvalue weighted by Gasteiger charge is -2.25. The number of nitrogens with zero attached hydrogens (tertiary/aromatic N) is 3. The molecule has 0 spiro atoms. The molecule has 0 aromatic heterocycles. The molecule has 2 rings (SSSR count). The van der Waals surface area contributed by atoms with Crippen LogP contribution < -0.4 is 5.32 Å². The van der Waals surface area contributed by atoms with E-state index in [1.54, 1.807) is 0 Å². The van der Waals surface area contributed by atoms with Gasteiger partial charge < -0.3 is 19.9 Å². The van der Waals surface area contributed by atoms with Crippen molar-refractivity contribution in [2.75, 3.05) is 53.4 Å². The fourth-order valence-electron chi connectivity index (χ4n) is 3.67. The van der Waals surface area contributed by atoms with Crippen molar-refractivity contribution in [1.29, 1.82) is 0 Å². The van der Waals surface area contributed by atoms with Gasteiger partial charge in [0.2, 0.25) is 0 Å². The molecular weight excluding hydrogens is 292 g/mol. The third kappa shape index (κ3) is 4.83. The van der Waals surface area contributed by atoms with Gasteiger partial charge in [0.1, 0.15) is 0 Å². The second kappa shape index (κ2) is 8.52. The van der Waals surface area contributed by atoms with Gasteiger partial charge >= 0.3 is 5.97 Å². The summed E-state index contributed by atoms with van der Waals surface area (Å²) >= 11 is 0. The van der Waals surface area contributed by atoms with E-state index in [4.69, 9.17) is 4.74 Å². The summed E-state index contributed by atoms with van der Waals surface area (Å²) in [4.78, 5) is 20.9. The smallest absolute Gasteiger partial charge is 0.310 e. The average molecular weight is 324 g/mol. The Morgan fingerprint density at radius 3 is 2.65 bits per heavy atom. The number of guanidine groups is 1. The second-order valence-electron chi connectivity index (χ2n) is 7.05. The Bertz CT molecular complexity index is 421. The molecule has 3 unspecified atom stereocenters. The van der Waals surface area contributed by atoms with Crippen LogP contribution in [0.1, 0.15) is 26.7 Å². The number of methoxy groups -OCH3 is 1. The number of hydrogen-bond acceptors (Lipinski definition) is 4. The first kappa shape index (κ1) is 18.0. The Labute approximate surface area is 140 Å². The highest BCUT2D eigenvalue weighted by atomic mass is 16.5. The highest BCUT2D eigenvalue weighted by molar-refractivity contribution is 5.82. The van der Waals surface area contributed by atoms with E-state index in [1.165, 1.54) is 33.0 Å². The fraction of sp³-hybridized carbons (Fsp3) is 0.882. The van der Waals surface area contributed by atoms with E-state index in [-0.39, 0.29) is 11.9 Å². The minimum absolute atomic E-state index is 0.0550. The van der Waals surface area contributed by atoms with Gasteiger partial charge in [0.25, 0.3) is 0 Å². The van der Waals surface area contributed by atoms with Crippen molar-refractivity contribution < 1.29 is 9.53 Å². The standard InChI is InChI=1S/C17H32N4O2/c1-13(10-20-7-5-6-8-20)9-19-17(18-3)21-11-14(2)15(12-21)16(22)23-4/h13-15H,5-12H2,1-4H3,(H,18,19). The highest BCUT2D eigenvalue weighted by Crippen LogP contribution is 2.24. The molecule has 2 fully saturated rings. The summed E-state index contributed by atoms with van der Waals surface area (Å²) in [6.07, 6.45) is 2.67. The van der Waals surface area contributed by atoms with Gasteiger partial charge in [-0.05, 0) is 37.8 Å². The van der Waals surface area contributed by atoms with Crippen molar-refractivity contribution in [2.45, 2.75) is 26.7 Å². The molecule has 3 atom stereocenters.